The summed E-state index contributed by atoms with van der Waals surface area (Å²) in [6.07, 6.45) is -0.0586. The molecule has 1 aromatic carbocycles. The van der Waals surface area contributed by atoms with Crippen LogP contribution >= 0.6 is 0 Å². The van der Waals surface area contributed by atoms with Crippen LogP contribution in [0.4, 0.5) is 14.5 Å². The average molecular weight is 301 g/mol. The number of nitro groups is 1. The lowest BCUT2D eigenvalue weighted by molar-refractivity contribution is -0.387. The monoisotopic (exact) mass is 301 g/mol. The standard InChI is InChI=1S/C12H13F2N3O4/c1-15-9(18)5-6-16(2)12(19)10-7(13)3-4-8(11(10)14)17(20)21/h3-4H,5-6H2,1-2H3,(H,15,18). The summed E-state index contributed by atoms with van der Waals surface area (Å²) in [4.78, 5) is 33.5. The Kier molecular flexibility index (Phi) is 5.28. The highest BCUT2D eigenvalue weighted by molar-refractivity contribution is 5.95. The Labute approximate surface area is 118 Å². The summed E-state index contributed by atoms with van der Waals surface area (Å²) < 4.78 is 27.4. The second kappa shape index (κ2) is 6.73. The Morgan fingerprint density at radius 3 is 2.52 bits per heavy atom. The van der Waals surface area contributed by atoms with E-state index in [9.17, 15) is 28.5 Å². The van der Waals surface area contributed by atoms with E-state index in [4.69, 9.17) is 0 Å². The van der Waals surface area contributed by atoms with Crippen LogP contribution in [0.5, 0.6) is 0 Å². The van der Waals surface area contributed by atoms with Gasteiger partial charge in [0.1, 0.15) is 11.4 Å². The molecular weight excluding hydrogens is 288 g/mol. The van der Waals surface area contributed by atoms with Crippen molar-refractivity contribution in [2.45, 2.75) is 6.42 Å². The highest BCUT2D eigenvalue weighted by Gasteiger charge is 2.28. The van der Waals surface area contributed by atoms with Gasteiger partial charge in [0.05, 0.1) is 4.92 Å². The van der Waals surface area contributed by atoms with Gasteiger partial charge in [0.15, 0.2) is 0 Å². The van der Waals surface area contributed by atoms with Gasteiger partial charge in [0.25, 0.3) is 5.91 Å². The van der Waals surface area contributed by atoms with Gasteiger partial charge in [-0.2, -0.15) is 4.39 Å². The zero-order valence-corrected chi connectivity index (χ0v) is 11.4. The largest absolute Gasteiger partial charge is 0.359 e. The molecule has 0 saturated heterocycles. The van der Waals surface area contributed by atoms with Crippen LogP contribution in [0.3, 0.4) is 0 Å². The maximum absolute atomic E-state index is 13.9. The highest BCUT2D eigenvalue weighted by Crippen LogP contribution is 2.24. The molecule has 1 N–H and O–H groups in total. The van der Waals surface area contributed by atoms with Crippen LogP contribution in [0.2, 0.25) is 0 Å². The number of hydrogen-bond acceptors (Lipinski definition) is 4. The van der Waals surface area contributed by atoms with Gasteiger partial charge in [0.2, 0.25) is 11.7 Å². The molecule has 0 spiro atoms. The fourth-order valence-corrected chi connectivity index (χ4v) is 1.57. The third-order valence-corrected chi connectivity index (χ3v) is 2.78. The van der Waals surface area contributed by atoms with Crippen LogP contribution in [0.1, 0.15) is 16.8 Å². The van der Waals surface area contributed by atoms with Crippen molar-refractivity contribution in [3.05, 3.63) is 39.4 Å². The molecule has 7 nitrogen and oxygen atoms in total. The van der Waals surface area contributed by atoms with E-state index < -0.39 is 33.7 Å². The van der Waals surface area contributed by atoms with E-state index in [1.165, 1.54) is 14.1 Å². The minimum Gasteiger partial charge on any atom is -0.359 e. The molecule has 0 atom stereocenters. The first kappa shape index (κ1) is 16.5. The molecule has 1 rings (SSSR count). The van der Waals surface area contributed by atoms with E-state index in [0.717, 1.165) is 4.90 Å². The molecule has 0 heterocycles. The number of benzene rings is 1. The highest BCUT2D eigenvalue weighted by atomic mass is 19.1. The summed E-state index contributed by atoms with van der Waals surface area (Å²) in [5.74, 6) is -4.15. The van der Waals surface area contributed by atoms with Crippen molar-refractivity contribution in [2.24, 2.45) is 0 Å². The number of hydrogen-bond donors (Lipinski definition) is 1. The molecule has 0 unspecified atom stereocenters. The number of rotatable bonds is 5. The summed E-state index contributed by atoms with van der Waals surface area (Å²) in [7, 11) is 2.65. The van der Waals surface area contributed by atoms with Crippen molar-refractivity contribution in [1.29, 1.82) is 0 Å². The van der Waals surface area contributed by atoms with Crippen LogP contribution in [0, 0.1) is 21.7 Å². The molecule has 0 fully saturated rings. The number of amides is 2. The van der Waals surface area contributed by atoms with Crippen LogP contribution < -0.4 is 5.32 Å². The zero-order chi connectivity index (χ0) is 16.2. The fraction of sp³-hybridized carbons (Fsp3) is 0.333. The molecular formula is C12H13F2N3O4. The zero-order valence-electron chi connectivity index (χ0n) is 11.4. The van der Waals surface area contributed by atoms with Gasteiger partial charge in [-0.3, -0.25) is 19.7 Å². The van der Waals surface area contributed by atoms with Crippen molar-refractivity contribution in [1.82, 2.24) is 10.2 Å². The first-order valence-electron chi connectivity index (χ1n) is 5.88. The Morgan fingerprint density at radius 1 is 1.38 bits per heavy atom. The number of halogens is 2. The van der Waals surface area contributed by atoms with E-state index in [0.29, 0.717) is 12.1 Å². The van der Waals surface area contributed by atoms with Crippen LogP contribution in [0.15, 0.2) is 12.1 Å². The number of carbonyl (C=O) groups excluding carboxylic acids is 2. The number of nitro benzene ring substituents is 1. The summed E-state index contributed by atoms with van der Waals surface area (Å²) >= 11 is 0. The lowest BCUT2D eigenvalue weighted by Crippen LogP contribution is -2.32. The predicted octanol–water partition coefficient (Wildman–Crippen LogP) is 1.08. The van der Waals surface area contributed by atoms with Crippen molar-refractivity contribution in [2.75, 3.05) is 20.6 Å². The molecule has 0 saturated carbocycles. The SMILES string of the molecule is CNC(=O)CCN(C)C(=O)c1c(F)ccc([N+](=O)[O-])c1F. The Bertz CT molecular complexity index is 592. The van der Waals surface area contributed by atoms with Crippen molar-refractivity contribution >= 4 is 17.5 Å². The summed E-state index contributed by atoms with van der Waals surface area (Å²) in [5, 5.41) is 12.9. The topological polar surface area (TPSA) is 92.6 Å². The fourth-order valence-electron chi connectivity index (χ4n) is 1.57. The van der Waals surface area contributed by atoms with Gasteiger partial charge in [0, 0.05) is 33.1 Å². The lowest BCUT2D eigenvalue weighted by Gasteiger charge is -2.17. The molecule has 1 aromatic rings. The molecule has 114 valence electrons. The van der Waals surface area contributed by atoms with E-state index in [1.54, 1.807) is 0 Å². The summed E-state index contributed by atoms with van der Waals surface area (Å²) in [6, 6.07) is 1.30. The van der Waals surface area contributed by atoms with E-state index in [-0.39, 0.29) is 18.9 Å². The third-order valence-electron chi connectivity index (χ3n) is 2.78. The van der Waals surface area contributed by atoms with Gasteiger partial charge in [-0.15, -0.1) is 0 Å². The molecule has 0 aliphatic rings. The first-order valence-corrected chi connectivity index (χ1v) is 5.88. The molecule has 21 heavy (non-hydrogen) atoms. The Balaban J connectivity index is 3.04. The van der Waals surface area contributed by atoms with Crippen molar-refractivity contribution < 1.29 is 23.3 Å². The van der Waals surface area contributed by atoms with E-state index >= 15 is 0 Å². The molecule has 9 heteroatoms. The summed E-state index contributed by atoms with van der Waals surface area (Å²) in [5.41, 5.74) is -2.00. The minimum atomic E-state index is -1.53. The van der Waals surface area contributed by atoms with Crippen LogP contribution in [0.25, 0.3) is 0 Å². The van der Waals surface area contributed by atoms with Crippen molar-refractivity contribution in [3.63, 3.8) is 0 Å². The number of nitrogens with one attached hydrogen (secondary N) is 1. The third kappa shape index (κ3) is 3.71. The predicted molar refractivity (Wildman–Crippen MR) is 68.7 cm³/mol. The molecule has 0 aliphatic heterocycles. The minimum absolute atomic E-state index is 0.0586. The Morgan fingerprint density at radius 2 is 2.00 bits per heavy atom. The van der Waals surface area contributed by atoms with E-state index in [2.05, 4.69) is 5.32 Å². The molecule has 0 aromatic heterocycles. The second-order valence-electron chi connectivity index (χ2n) is 4.16. The van der Waals surface area contributed by atoms with Crippen molar-refractivity contribution in [3.8, 4) is 0 Å². The Hall–Kier alpha value is -2.58. The summed E-state index contributed by atoms with van der Waals surface area (Å²) in [6.45, 7) is -0.0833. The van der Waals surface area contributed by atoms with Crippen LogP contribution in [-0.2, 0) is 4.79 Å². The maximum Gasteiger partial charge on any atom is 0.305 e. The van der Waals surface area contributed by atoms with Gasteiger partial charge in [-0.1, -0.05) is 0 Å². The lowest BCUT2D eigenvalue weighted by atomic mass is 10.1. The maximum atomic E-state index is 13.9. The van der Waals surface area contributed by atoms with Gasteiger partial charge >= 0.3 is 5.69 Å². The van der Waals surface area contributed by atoms with Crippen LogP contribution in [-0.4, -0.2) is 42.3 Å². The number of nitrogens with zero attached hydrogens (tertiary/aromatic N) is 2. The molecule has 0 aliphatic carbocycles. The normalized spacial score (nSPS) is 10.1. The smallest absolute Gasteiger partial charge is 0.305 e. The number of carbonyl (C=O) groups is 2. The van der Waals surface area contributed by atoms with Gasteiger partial charge < -0.3 is 10.2 Å². The quantitative estimate of drug-likeness (QED) is 0.650. The molecule has 0 bridgehead atoms. The average Bonchev–Trinajstić information content (AvgIpc) is 2.43. The van der Waals surface area contributed by atoms with Gasteiger partial charge in [-0.05, 0) is 6.07 Å². The van der Waals surface area contributed by atoms with Gasteiger partial charge in [-0.25, -0.2) is 4.39 Å². The molecule has 2 amide bonds. The second-order valence-corrected chi connectivity index (χ2v) is 4.16. The molecule has 0 radical (unpaired) electrons. The van der Waals surface area contributed by atoms with E-state index in [1.807, 2.05) is 0 Å². The first-order chi connectivity index (χ1) is 9.79.